The third kappa shape index (κ3) is 4.90. The van der Waals surface area contributed by atoms with E-state index in [2.05, 4.69) is 20.6 Å². The van der Waals surface area contributed by atoms with Crippen LogP contribution in [-0.2, 0) is 9.53 Å². The molecule has 4 rings (SSSR count). The second kappa shape index (κ2) is 9.80. The predicted octanol–water partition coefficient (Wildman–Crippen LogP) is 4.35. The summed E-state index contributed by atoms with van der Waals surface area (Å²) in [5.74, 6) is -0.721. The summed E-state index contributed by atoms with van der Waals surface area (Å²) in [5.41, 5.74) is 2.89. The van der Waals surface area contributed by atoms with Gasteiger partial charge in [-0.25, -0.2) is 4.79 Å². The van der Waals surface area contributed by atoms with Crippen LogP contribution >= 0.6 is 23.4 Å². The Morgan fingerprint density at radius 2 is 1.84 bits per heavy atom. The highest BCUT2D eigenvalue weighted by atomic mass is 35.5. The zero-order valence-corrected chi connectivity index (χ0v) is 18.6. The summed E-state index contributed by atoms with van der Waals surface area (Å²) in [6, 6.07) is 17.7. The SMILES string of the molecule is CCOC(=O)c1ccccc1NC(=O)CSc1nnc2ccc(-c3ccc(Cl)cc3)nn12. The van der Waals surface area contributed by atoms with E-state index in [-0.39, 0.29) is 18.3 Å². The Morgan fingerprint density at radius 1 is 1.06 bits per heavy atom. The van der Waals surface area contributed by atoms with Gasteiger partial charge in [-0.1, -0.05) is 47.6 Å². The average Bonchev–Trinajstić information content (AvgIpc) is 3.21. The van der Waals surface area contributed by atoms with E-state index in [1.165, 1.54) is 11.8 Å². The molecule has 162 valence electrons. The van der Waals surface area contributed by atoms with E-state index >= 15 is 0 Å². The molecule has 0 spiro atoms. The molecule has 8 nitrogen and oxygen atoms in total. The summed E-state index contributed by atoms with van der Waals surface area (Å²) in [6.07, 6.45) is 0. The molecule has 2 heterocycles. The van der Waals surface area contributed by atoms with E-state index in [1.807, 2.05) is 24.3 Å². The molecule has 0 saturated carbocycles. The second-order valence-electron chi connectivity index (χ2n) is 6.58. The van der Waals surface area contributed by atoms with E-state index in [0.29, 0.717) is 27.1 Å². The van der Waals surface area contributed by atoms with Crippen molar-refractivity contribution < 1.29 is 14.3 Å². The number of amides is 1. The molecule has 0 fully saturated rings. The molecule has 4 aromatic rings. The summed E-state index contributed by atoms with van der Waals surface area (Å²) in [6.45, 7) is 1.98. The van der Waals surface area contributed by atoms with Crippen molar-refractivity contribution in [2.75, 3.05) is 17.7 Å². The lowest BCUT2D eigenvalue weighted by Crippen LogP contribution is -2.17. The Bertz CT molecular complexity index is 1280. The number of nitrogens with zero attached hydrogens (tertiary/aromatic N) is 4. The van der Waals surface area contributed by atoms with Crippen LogP contribution in [0.15, 0.2) is 65.8 Å². The molecule has 0 bridgehead atoms. The average molecular weight is 468 g/mol. The van der Waals surface area contributed by atoms with Gasteiger partial charge in [0, 0.05) is 10.6 Å². The van der Waals surface area contributed by atoms with Crippen LogP contribution in [0.3, 0.4) is 0 Å². The van der Waals surface area contributed by atoms with Gasteiger partial charge >= 0.3 is 5.97 Å². The molecular formula is C22H18ClN5O3S. The van der Waals surface area contributed by atoms with Crippen molar-refractivity contribution in [3.05, 3.63) is 71.2 Å². The maximum absolute atomic E-state index is 12.5. The fraction of sp³-hybridized carbons (Fsp3) is 0.136. The zero-order valence-electron chi connectivity index (χ0n) is 17.0. The number of anilines is 1. The highest BCUT2D eigenvalue weighted by molar-refractivity contribution is 7.99. The number of thioether (sulfide) groups is 1. The molecule has 2 aromatic heterocycles. The molecular weight excluding hydrogens is 450 g/mol. The van der Waals surface area contributed by atoms with Gasteiger partial charge in [-0.2, -0.15) is 9.61 Å². The Labute approximate surface area is 192 Å². The van der Waals surface area contributed by atoms with Gasteiger partial charge in [0.25, 0.3) is 0 Å². The predicted molar refractivity (Wildman–Crippen MR) is 123 cm³/mol. The van der Waals surface area contributed by atoms with E-state index in [1.54, 1.807) is 47.8 Å². The number of nitrogens with one attached hydrogen (secondary N) is 1. The monoisotopic (exact) mass is 467 g/mol. The first-order chi connectivity index (χ1) is 15.5. The largest absolute Gasteiger partial charge is 0.462 e. The van der Waals surface area contributed by atoms with Gasteiger partial charge < -0.3 is 10.1 Å². The van der Waals surface area contributed by atoms with Gasteiger partial charge in [0.2, 0.25) is 11.1 Å². The maximum Gasteiger partial charge on any atom is 0.340 e. The fourth-order valence-electron chi connectivity index (χ4n) is 2.93. The molecule has 0 saturated heterocycles. The number of ether oxygens (including phenoxy) is 1. The first kappa shape index (κ1) is 21.8. The minimum absolute atomic E-state index is 0.0603. The van der Waals surface area contributed by atoms with Crippen LogP contribution in [0.2, 0.25) is 5.02 Å². The molecule has 10 heteroatoms. The van der Waals surface area contributed by atoms with Crippen LogP contribution in [0.25, 0.3) is 16.9 Å². The third-order valence-electron chi connectivity index (χ3n) is 4.40. The lowest BCUT2D eigenvalue weighted by atomic mass is 10.1. The summed E-state index contributed by atoms with van der Waals surface area (Å²) < 4.78 is 6.63. The molecule has 0 aliphatic rings. The van der Waals surface area contributed by atoms with Gasteiger partial charge in [0.05, 0.1) is 29.3 Å². The minimum atomic E-state index is -0.488. The van der Waals surface area contributed by atoms with Crippen molar-refractivity contribution in [2.24, 2.45) is 0 Å². The lowest BCUT2D eigenvalue weighted by molar-refractivity contribution is -0.113. The van der Waals surface area contributed by atoms with Crippen LogP contribution in [0, 0.1) is 0 Å². The number of esters is 1. The quantitative estimate of drug-likeness (QED) is 0.318. The van der Waals surface area contributed by atoms with Crippen LogP contribution in [-0.4, -0.2) is 44.0 Å². The normalized spacial score (nSPS) is 10.8. The number of benzene rings is 2. The highest BCUT2D eigenvalue weighted by Gasteiger charge is 2.16. The molecule has 1 amide bonds. The van der Waals surface area contributed by atoms with E-state index in [4.69, 9.17) is 16.3 Å². The summed E-state index contributed by atoms with van der Waals surface area (Å²) in [7, 11) is 0. The van der Waals surface area contributed by atoms with Crippen LogP contribution in [0.4, 0.5) is 5.69 Å². The number of aromatic nitrogens is 4. The topological polar surface area (TPSA) is 98.5 Å². The number of para-hydroxylation sites is 1. The number of carbonyl (C=O) groups excluding carboxylic acids is 2. The second-order valence-corrected chi connectivity index (χ2v) is 7.96. The van der Waals surface area contributed by atoms with Gasteiger partial charge in [0.1, 0.15) is 0 Å². The summed E-state index contributed by atoms with van der Waals surface area (Å²) in [5, 5.41) is 16.7. The summed E-state index contributed by atoms with van der Waals surface area (Å²) in [4.78, 5) is 24.6. The highest BCUT2D eigenvalue weighted by Crippen LogP contribution is 2.23. The van der Waals surface area contributed by atoms with Crippen LogP contribution in [0.1, 0.15) is 17.3 Å². The molecule has 0 radical (unpaired) electrons. The Kier molecular flexibility index (Phi) is 6.67. The zero-order chi connectivity index (χ0) is 22.5. The van der Waals surface area contributed by atoms with Crippen molar-refractivity contribution in [3.8, 4) is 11.3 Å². The van der Waals surface area contributed by atoms with Crippen LogP contribution < -0.4 is 5.32 Å². The smallest absolute Gasteiger partial charge is 0.340 e. The van der Waals surface area contributed by atoms with Gasteiger partial charge in [0.15, 0.2) is 5.65 Å². The Balaban J connectivity index is 1.48. The van der Waals surface area contributed by atoms with Gasteiger partial charge in [-0.05, 0) is 43.3 Å². The first-order valence-electron chi connectivity index (χ1n) is 9.72. The van der Waals surface area contributed by atoms with E-state index in [0.717, 1.165) is 11.3 Å². The minimum Gasteiger partial charge on any atom is -0.462 e. The molecule has 1 N–H and O–H groups in total. The fourth-order valence-corrected chi connectivity index (χ4v) is 3.74. The number of rotatable bonds is 7. The van der Waals surface area contributed by atoms with Crippen molar-refractivity contribution in [1.82, 2.24) is 19.8 Å². The maximum atomic E-state index is 12.5. The van der Waals surface area contributed by atoms with Gasteiger partial charge in [-0.15, -0.1) is 10.2 Å². The van der Waals surface area contributed by atoms with Crippen molar-refractivity contribution >= 4 is 46.6 Å². The molecule has 2 aromatic carbocycles. The molecule has 0 aliphatic heterocycles. The molecule has 0 aliphatic carbocycles. The Morgan fingerprint density at radius 3 is 2.62 bits per heavy atom. The number of carbonyl (C=O) groups is 2. The van der Waals surface area contributed by atoms with E-state index in [9.17, 15) is 9.59 Å². The lowest BCUT2D eigenvalue weighted by Gasteiger charge is -2.10. The standard InChI is InChI=1S/C22H18ClN5O3S/c1-2-31-21(30)16-5-3-4-6-18(16)24-20(29)13-32-22-26-25-19-12-11-17(27-28(19)22)14-7-9-15(23)10-8-14/h3-12H,2,13H2,1H3,(H,24,29). The van der Waals surface area contributed by atoms with Crippen LogP contribution in [0.5, 0.6) is 0 Å². The number of fused-ring (bicyclic) bond motifs is 1. The molecule has 0 unspecified atom stereocenters. The summed E-state index contributed by atoms with van der Waals surface area (Å²) >= 11 is 7.15. The van der Waals surface area contributed by atoms with Crippen molar-refractivity contribution in [3.63, 3.8) is 0 Å². The third-order valence-corrected chi connectivity index (χ3v) is 5.57. The van der Waals surface area contributed by atoms with E-state index < -0.39 is 5.97 Å². The van der Waals surface area contributed by atoms with Gasteiger partial charge in [-0.3, -0.25) is 4.79 Å². The molecule has 0 atom stereocenters. The Hall–Kier alpha value is -3.43. The number of hydrogen-bond acceptors (Lipinski definition) is 7. The van der Waals surface area contributed by atoms with Crippen molar-refractivity contribution in [1.29, 1.82) is 0 Å². The number of hydrogen-bond donors (Lipinski definition) is 1. The van der Waals surface area contributed by atoms with Crippen molar-refractivity contribution in [2.45, 2.75) is 12.1 Å². The molecule has 32 heavy (non-hydrogen) atoms. The number of halogens is 1. The first-order valence-corrected chi connectivity index (χ1v) is 11.1.